The number of carbonyl (C=O) groups excluding carboxylic acids is 2. The second-order valence-corrected chi connectivity index (χ2v) is 5.67. The Morgan fingerprint density at radius 1 is 1.31 bits per heavy atom. The van der Waals surface area contributed by atoms with E-state index in [2.05, 4.69) is 10.6 Å². The second-order valence-electron chi connectivity index (χ2n) is 5.67. The van der Waals surface area contributed by atoms with E-state index >= 15 is 0 Å². The highest BCUT2D eigenvalue weighted by molar-refractivity contribution is 5.96. The zero-order valence-electron chi connectivity index (χ0n) is 14.6. The Labute approximate surface area is 151 Å². The van der Waals surface area contributed by atoms with Crippen LogP contribution in [0.25, 0.3) is 0 Å². The monoisotopic (exact) mass is 356 g/mol. The van der Waals surface area contributed by atoms with Gasteiger partial charge in [-0.1, -0.05) is 12.1 Å². The lowest BCUT2D eigenvalue weighted by atomic mass is 10.2. The number of fused-ring (bicyclic) bond motifs is 1. The minimum absolute atomic E-state index is 0.00868. The maximum atomic E-state index is 12.4. The van der Waals surface area contributed by atoms with Gasteiger partial charge < -0.3 is 24.8 Å². The van der Waals surface area contributed by atoms with Crippen molar-refractivity contribution < 1.29 is 23.8 Å². The van der Waals surface area contributed by atoms with Gasteiger partial charge in [-0.15, -0.1) is 0 Å². The van der Waals surface area contributed by atoms with Crippen molar-refractivity contribution in [2.75, 3.05) is 23.8 Å². The van der Waals surface area contributed by atoms with Crippen LogP contribution in [0.15, 0.2) is 42.5 Å². The molecule has 0 bridgehead atoms. The summed E-state index contributed by atoms with van der Waals surface area (Å²) in [5, 5.41) is 5.50. The second kappa shape index (κ2) is 7.77. The molecule has 136 valence electrons. The van der Waals surface area contributed by atoms with Gasteiger partial charge in [-0.25, -0.2) is 0 Å². The molecule has 7 nitrogen and oxygen atoms in total. The minimum atomic E-state index is -0.747. The number of hydrogen-bond donors (Lipinski definition) is 2. The fourth-order valence-corrected chi connectivity index (χ4v) is 2.48. The predicted octanol–water partition coefficient (Wildman–Crippen LogP) is 2.82. The lowest BCUT2D eigenvalue weighted by Crippen LogP contribution is -2.30. The predicted molar refractivity (Wildman–Crippen MR) is 96.9 cm³/mol. The van der Waals surface area contributed by atoms with Crippen molar-refractivity contribution in [2.45, 2.75) is 20.0 Å². The molecule has 2 aromatic rings. The van der Waals surface area contributed by atoms with Gasteiger partial charge in [-0.3, -0.25) is 9.59 Å². The molecule has 1 atom stereocenters. The smallest absolute Gasteiger partial charge is 0.265 e. The van der Waals surface area contributed by atoms with Gasteiger partial charge in [-0.2, -0.15) is 0 Å². The summed E-state index contributed by atoms with van der Waals surface area (Å²) in [5.41, 5.74) is 1.11. The lowest BCUT2D eigenvalue weighted by Gasteiger charge is -2.20. The molecular weight excluding hydrogens is 336 g/mol. The first-order valence-electron chi connectivity index (χ1n) is 8.33. The van der Waals surface area contributed by atoms with E-state index in [1.807, 2.05) is 19.1 Å². The molecule has 1 aliphatic rings. The summed E-state index contributed by atoms with van der Waals surface area (Å²) in [5.74, 6) is 1.09. The molecular formula is C19H20N2O5. The SMILES string of the molecule is CCOc1ccccc1NC(=O)C(C)Oc1ccc2c(c1)NC(=O)CO2. The number of amides is 2. The first-order chi connectivity index (χ1) is 12.6. The van der Waals surface area contributed by atoms with Gasteiger partial charge in [0.05, 0.1) is 18.0 Å². The maximum absolute atomic E-state index is 12.4. The quantitative estimate of drug-likeness (QED) is 0.831. The van der Waals surface area contributed by atoms with Crippen LogP contribution in [0.2, 0.25) is 0 Å². The highest BCUT2D eigenvalue weighted by atomic mass is 16.5. The van der Waals surface area contributed by atoms with Crippen LogP contribution in [0.5, 0.6) is 17.2 Å². The van der Waals surface area contributed by atoms with Gasteiger partial charge >= 0.3 is 0 Å². The summed E-state index contributed by atoms with van der Waals surface area (Å²) in [4.78, 5) is 23.8. The summed E-state index contributed by atoms with van der Waals surface area (Å²) in [6.45, 7) is 4.02. The van der Waals surface area contributed by atoms with Crippen molar-refractivity contribution in [1.29, 1.82) is 0 Å². The molecule has 0 saturated carbocycles. The van der Waals surface area contributed by atoms with Crippen LogP contribution in [0.3, 0.4) is 0 Å². The van der Waals surface area contributed by atoms with Crippen molar-refractivity contribution >= 4 is 23.2 Å². The number of rotatable bonds is 6. The molecule has 0 fully saturated rings. The molecule has 0 spiro atoms. The van der Waals surface area contributed by atoms with Crippen molar-refractivity contribution in [3.63, 3.8) is 0 Å². The molecule has 1 aliphatic heterocycles. The zero-order chi connectivity index (χ0) is 18.5. The highest BCUT2D eigenvalue weighted by Crippen LogP contribution is 2.32. The van der Waals surface area contributed by atoms with Crippen LogP contribution in [-0.2, 0) is 9.59 Å². The summed E-state index contributed by atoms with van der Waals surface area (Å²) in [6, 6.07) is 12.2. The normalized spacial score (nSPS) is 13.7. The van der Waals surface area contributed by atoms with Crippen molar-refractivity contribution in [3.05, 3.63) is 42.5 Å². The Morgan fingerprint density at radius 3 is 2.92 bits per heavy atom. The molecule has 0 radical (unpaired) electrons. The minimum Gasteiger partial charge on any atom is -0.492 e. The molecule has 0 aliphatic carbocycles. The van der Waals surface area contributed by atoms with Gasteiger partial charge in [0, 0.05) is 6.07 Å². The fraction of sp³-hybridized carbons (Fsp3) is 0.263. The third-order valence-electron chi connectivity index (χ3n) is 3.71. The van der Waals surface area contributed by atoms with Gasteiger partial charge in [0.25, 0.3) is 11.8 Å². The summed E-state index contributed by atoms with van der Waals surface area (Å²) in [7, 11) is 0. The number of nitrogens with one attached hydrogen (secondary N) is 2. The molecule has 1 unspecified atom stereocenters. The van der Waals surface area contributed by atoms with Crippen LogP contribution in [-0.4, -0.2) is 31.1 Å². The van der Waals surface area contributed by atoms with Gasteiger partial charge in [0.1, 0.15) is 17.2 Å². The van der Waals surface area contributed by atoms with Crippen molar-refractivity contribution in [2.24, 2.45) is 0 Å². The van der Waals surface area contributed by atoms with Gasteiger partial charge in [0.2, 0.25) is 0 Å². The van der Waals surface area contributed by atoms with Crippen LogP contribution < -0.4 is 24.8 Å². The largest absolute Gasteiger partial charge is 0.492 e. The van der Waals surface area contributed by atoms with Crippen molar-refractivity contribution in [3.8, 4) is 17.2 Å². The average Bonchev–Trinajstić information content (AvgIpc) is 2.63. The summed E-state index contributed by atoms with van der Waals surface area (Å²) < 4.78 is 16.5. The van der Waals surface area contributed by atoms with Crippen molar-refractivity contribution in [1.82, 2.24) is 0 Å². The molecule has 2 aromatic carbocycles. The number of ether oxygens (including phenoxy) is 3. The van der Waals surface area contributed by atoms with Crippen LogP contribution in [0.1, 0.15) is 13.8 Å². The van der Waals surface area contributed by atoms with Gasteiger partial charge in [0.15, 0.2) is 12.7 Å². The highest BCUT2D eigenvalue weighted by Gasteiger charge is 2.20. The van der Waals surface area contributed by atoms with E-state index in [9.17, 15) is 9.59 Å². The Morgan fingerprint density at radius 2 is 2.12 bits per heavy atom. The topological polar surface area (TPSA) is 85.9 Å². The third-order valence-corrected chi connectivity index (χ3v) is 3.71. The zero-order valence-corrected chi connectivity index (χ0v) is 14.6. The summed E-state index contributed by atoms with van der Waals surface area (Å²) >= 11 is 0. The molecule has 2 amide bonds. The molecule has 0 aromatic heterocycles. The first-order valence-corrected chi connectivity index (χ1v) is 8.33. The fourth-order valence-electron chi connectivity index (χ4n) is 2.48. The standard InChI is InChI=1S/C19H20N2O5/c1-3-24-16-7-5-4-6-14(16)21-19(23)12(2)26-13-8-9-17-15(10-13)20-18(22)11-25-17/h4-10,12H,3,11H2,1-2H3,(H,20,22)(H,21,23). The molecule has 2 N–H and O–H groups in total. The lowest BCUT2D eigenvalue weighted by molar-refractivity contribution is -0.122. The number of hydrogen-bond acceptors (Lipinski definition) is 5. The average molecular weight is 356 g/mol. The van der Waals surface area contributed by atoms with E-state index in [1.54, 1.807) is 37.3 Å². The number of benzene rings is 2. The van der Waals surface area contributed by atoms with Gasteiger partial charge in [-0.05, 0) is 38.1 Å². The molecule has 26 heavy (non-hydrogen) atoms. The molecule has 7 heteroatoms. The van der Waals surface area contributed by atoms with Crippen LogP contribution in [0.4, 0.5) is 11.4 Å². The van der Waals surface area contributed by atoms with E-state index in [0.717, 1.165) is 0 Å². The van der Waals surface area contributed by atoms with Crippen LogP contribution in [0, 0.1) is 0 Å². The third kappa shape index (κ3) is 4.05. The van der Waals surface area contributed by atoms with E-state index in [0.29, 0.717) is 35.2 Å². The summed E-state index contributed by atoms with van der Waals surface area (Å²) in [6.07, 6.45) is -0.747. The molecule has 1 heterocycles. The van der Waals surface area contributed by atoms with E-state index in [4.69, 9.17) is 14.2 Å². The Balaban J connectivity index is 1.66. The van der Waals surface area contributed by atoms with Crippen LogP contribution >= 0.6 is 0 Å². The Kier molecular flexibility index (Phi) is 5.26. The maximum Gasteiger partial charge on any atom is 0.265 e. The Hall–Kier alpha value is -3.22. The number of carbonyl (C=O) groups is 2. The number of anilines is 2. The van der Waals surface area contributed by atoms with E-state index < -0.39 is 6.10 Å². The first kappa shape index (κ1) is 17.6. The van der Waals surface area contributed by atoms with E-state index in [1.165, 1.54) is 0 Å². The number of para-hydroxylation sites is 2. The Bertz CT molecular complexity index is 821. The molecule has 3 rings (SSSR count). The van der Waals surface area contributed by atoms with E-state index in [-0.39, 0.29) is 18.4 Å². The molecule has 0 saturated heterocycles.